The van der Waals surface area contributed by atoms with Crippen molar-refractivity contribution in [2.75, 3.05) is 63.1 Å². The lowest BCUT2D eigenvalue weighted by atomic mass is 10.1. The SMILES string of the molecule is CCN(CC(=O)Nc1ccc(N2CCN(Cc3ccccc3)CC2)cc1)CC(C)C(=O)OC. The van der Waals surface area contributed by atoms with Gasteiger partial charge in [0.2, 0.25) is 5.91 Å². The number of nitrogens with one attached hydrogen (secondary N) is 1. The van der Waals surface area contributed by atoms with Crippen LogP contribution in [0.4, 0.5) is 11.4 Å². The highest BCUT2D eigenvalue weighted by molar-refractivity contribution is 5.92. The molecule has 0 aromatic heterocycles. The average Bonchev–Trinajstić information content (AvgIpc) is 2.84. The van der Waals surface area contributed by atoms with Crippen molar-refractivity contribution >= 4 is 23.3 Å². The van der Waals surface area contributed by atoms with Crippen molar-refractivity contribution < 1.29 is 14.3 Å². The number of likely N-dealkylation sites (N-methyl/N-ethyl adjacent to an activating group) is 1. The summed E-state index contributed by atoms with van der Waals surface area (Å²) >= 11 is 0. The molecule has 2 aromatic carbocycles. The number of hydrogen-bond donors (Lipinski definition) is 1. The van der Waals surface area contributed by atoms with Gasteiger partial charge in [0.25, 0.3) is 0 Å². The number of esters is 1. The summed E-state index contributed by atoms with van der Waals surface area (Å²) in [5.74, 6) is -0.614. The first kappa shape index (κ1) is 24.7. The molecule has 1 aliphatic heterocycles. The number of rotatable bonds is 10. The van der Waals surface area contributed by atoms with Gasteiger partial charge in [-0.1, -0.05) is 44.2 Å². The maximum atomic E-state index is 12.5. The lowest BCUT2D eigenvalue weighted by Gasteiger charge is -2.36. The fraction of sp³-hybridized carbons (Fsp3) is 0.462. The largest absolute Gasteiger partial charge is 0.469 e. The molecule has 1 aliphatic rings. The van der Waals surface area contributed by atoms with Crippen LogP contribution in [0.25, 0.3) is 0 Å². The van der Waals surface area contributed by atoms with E-state index in [0.717, 1.165) is 38.4 Å². The van der Waals surface area contributed by atoms with Crippen molar-refractivity contribution in [3.8, 4) is 0 Å². The number of amides is 1. The minimum atomic E-state index is -0.268. The molecule has 0 spiro atoms. The monoisotopic (exact) mass is 452 g/mol. The molecule has 1 heterocycles. The second kappa shape index (κ2) is 12.4. The number of nitrogens with zero attached hydrogens (tertiary/aromatic N) is 3. The molecule has 178 valence electrons. The summed E-state index contributed by atoms with van der Waals surface area (Å²) in [6.45, 7) is 10.2. The highest BCUT2D eigenvalue weighted by Gasteiger charge is 2.19. The van der Waals surface area contributed by atoms with Crippen molar-refractivity contribution in [2.45, 2.75) is 20.4 Å². The first-order valence-corrected chi connectivity index (χ1v) is 11.7. The van der Waals surface area contributed by atoms with Crippen molar-refractivity contribution in [1.82, 2.24) is 9.80 Å². The van der Waals surface area contributed by atoms with Gasteiger partial charge >= 0.3 is 5.97 Å². The summed E-state index contributed by atoms with van der Waals surface area (Å²) in [7, 11) is 1.39. The predicted octanol–water partition coefficient (Wildman–Crippen LogP) is 3.08. The second-order valence-electron chi connectivity index (χ2n) is 8.60. The van der Waals surface area contributed by atoms with Crippen LogP contribution in [0.5, 0.6) is 0 Å². The van der Waals surface area contributed by atoms with Gasteiger partial charge < -0.3 is 15.0 Å². The van der Waals surface area contributed by atoms with Crippen LogP contribution >= 0.6 is 0 Å². The summed E-state index contributed by atoms with van der Waals surface area (Å²) in [5, 5.41) is 2.96. The molecule has 1 atom stereocenters. The van der Waals surface area contributed by atoms with Crippen LogP contribution in [0.3, 0.4) is 0 Å². The maximum Gasteiger partial charge on any atom is 0.309 e. The lowest BCUT2D eigenvalue weighted by Crippen LogP contribution is -2.45. The normalized spacial score (nSPS) is 15.3. The van der Waals surface area contributed by atoms with Gasteiger partial charge in [-0.25, -0.2) is 0 Å². The molecule has 0 radical (unpaired) electrons. The highest BCUT2D eigenvalue weighted by atomic mass is 16.5. The molecule has 3 rings (SSSR count). The zero-order chi connectivity index (χ0) is 23.6. The van der Waals surface area contributed by atoms with Crippen molar-refractivity contribution in [1.29, 1.82) is 0 Å². The molecular formula is C26H36N4O3. The fourth-order valence-corrected chi connectivity index (χ4v) is 4.13. The van der Waals surface area contributed by atoms with Gasteiger partial charge in [-0.2, -0.15) is 0 Å². The van der Waals surface area contributed by atoms with E-state index >= 15 is 0 Å². The number of carbonyl (C=O) groups excluding carboxylic acids is 2. The van der Waals surface area contributed by atoms with E-state index in [1.807, 2.05) is 30.9 Å². The van der Waals surface area contributed by atoms with E-state index in [0.29, 0.717) is 13.1 Å². The van der Waals surface area contributed by atoms with E-state index in [2.05, 4.69) is 57.6 Å². The van der Waals surface area contributed by atoms with Crippen molar-refractivity contribution in [3.63, 3.8) is 0 Å². The lowest BCUT2D eigenvalue weighted by molar-refractivity contribution is -0.145. The molecule has 2 aromatic rings. The van der Waals surface area contributed by atoms with E-state index < -0.39 is 0 Å². The Bertz CT molecular complexity index is 880. The van der Waals surface area contributed by atoms with Crippen molar-refractivity contribution in [2.24, 2.45) is 5.92 Å². The summed E-state index contributed by atoms with van der Waals surface area (Å²) < 4.78 is 4.78. The molecule has 1 fully saturated rings. The Labute approximate surface area is 197 Å². The first-order valence-electron chi connectivity index (χ1n) is 11.7. The molecule has 0 saturated carbocycles. The number of piperazine rings is 1. The molecule has 1 N–H and O–H groups in total. The van der Waals surface area contributed by atoms with Crippen molar-refractivity contribution in [3.05, 3.63) is 60.2 Å². The minimum Gasteiger partial charge on any atom is -0.469 e. The summed E-state index contributed by atoms with van der Waals surface area (Å²) in [5.41, 5.74) is 3.31. The minimum absolute atomic E-state index is 0.0869. The zero-order valence-corrected chi connectivity index (χ0v) is 20.0. The molecule has 33 heavy (non-hydrogen) atoms. The molecular weight excluding hydrogens is 416 g/mol. The summed E-state index contributed by atoms with van der Waals surface area (Å²) in [6.07, 6.45) is 0. The Hall–Kier alpha value is -2.90. The fourth-order valence-electron chi connectivity index (χ4n) is 4.13. The Morgan fingerprint density at radius 1 is 1.03 bits per heavy atom. The molecule has 0 bridgehead atoms. The highest BCUT2D eigenvalue weighted by Crippen LogP contribution is 2.20. The van der Waals surface area contributed by atoms with Crippen LogP contribution < -0.4 is 10.2 Å². The molecule has 7 heteroatoms. The Balaban J connectivity index is 1.45. The van der Waals surface area contributed by atoms with Gasteiger partial charge in [0.15, 0.2) is 0 Å². The number of benzene rings is 2. The van der Waals surface area contributed by atoms with E-state index in [1.165, 1.54) is 18.4 Å². The molecule has 1 saturated heterocycles. The third kappa shape index (κ3) is 7.58. The smallest absolute Gasteiger partial charge is 0.309 e. The third-order valence-corrected chi connectivity index (χ3v) is 6.09. The Morgan fingerprint density at radius 3 is 2.30 bits per heavy atom. The molecule has 7 nitrogen and oxygen atoms in total. The van der Waals surface area contributed by atoms with Crippen LogP contribution in [0, 0.1) is 5.92 Å². The van der Waals surface area contributed by atoms with E-state index in [4.69, 9.17) is 4.74 Å². The van der Waals surface area contributed by atoms with Crippen LogP contribution in [-0.2, 0) is 20.9 Å². The first-order chi connectivity index (χ1) is 16.0. The quantitative estimate of drug-likeness (QED) is 0.559. The van der Waals surface area contributed by atoms with Gasteiger partial charge in [0.1, 0.15) is 0 Å². The number of carbonyl (C=O) groups is 2. The van der Waals surface area contributed by atoms with Crippen LogP contribution in [0.1, 0.15) is 19.4 Å². The third-order valence-electron chi connectivity index (χ3n) is 6.09. The van der Waals surface area contributed by atoms with Gasteiger partial charge in [-0.3, -0.25) is 19.4 Å². The van der Waals surface area contributed by atoms with E-state index in [-0.39, 0.29) is 24.3 Å². The number of methoxy groups -OCH3 is 1. The molecule has 1 unspecified atom stereocenters. The van der Waals surface area contributed by atoms with Gasteiger partial charge in [0, 0.05) is 50.6 Å². The van der Waals surface area contributed by atoms with Gasteiger partial charge in [-0.05, 0) is 36.4 Å². The zero-order valence-electron chi connectivity index (χ0n) is 20.0. The van der Waals surface area contributed by atoms with Crippen LogP contribution in [-0.4, -0.2) is 74.6 Å². The number of ether oxygens (including phenoxy) is 1. The summed E-state index contributed by atoms with van der Waals surface area (Å²) in [4.78, 5) is 31.0. The standard InChI is InChI=1S/C26H36N4O3/c1-4-28(18-21(2)26(32)33-3)20-25(31)27-23-10-12-24(13-11-23)30-16-14-29(15-17-30)19-22-8-6-5-7-9-22/h5-13,21H,4,14-20H2,1-3H3,(H,27,31). The summed E-state index contributed by atoms with van der Waals surface area (Å²) in [6, 6.07) is 18.6. The number of anilines is 2. The van der Waals surface area contributed by atoms with E-state index in [9.17, 15) is 9.59 Å². The Kier molecular flexibility index (Phi) is 9.27. The van der Waals surface area contributed by atoms with Gasteiger partial charge in [-0.15, -0.1) is 0 Å². The van der Waals surface area contributed by atoms with Gasteiger partial charge in [0.05, 0.1) is 19.6 Å². The molecule has 1 amide bonds. The second-order valence-corrected chi connectivity index (χ2v) is 8.60. The number of hydrogen-bond acceptors (Lipinski definition) is 6. The Morgan fingerprint density at radius 2 is 1.70 bits per heavy atom. The van der Waals surface area contributed by atoms with E-state index in [1.54, 1.807) is 0 Å². The van der Waals surface area contributed by atoms with Crippen LogP contribution in [0.2, 0.25) is 0 Å². The topological polar surface area (TPSA) is 65.1 Å². The average molecular weight is 453 g/mol. The maximum absolute atomic E-state index is 12.5. The molecule has 0 aliphatic carbocycles. The predicted molar refractivity (Wildman–Crippen MR) is 132 cm³/mol. The van der Waals surface area contributed by atoms with Crippen LogP contribution in [0.15, 0.2) is 54.6 Å².